The summed E-state index contributed by atoms with van der Waals surface area (Å²) < 4.78 is 6.15. The molecular weight excluding hydrogens is 324 g/mol. The van der Waals surface area contributed by atoms with Gasteiger partial charge in [-0.2, -0.15) is 0 Å². The first kappa shape index (κ1) is 16.1. The number of nitrogens with one attached hydrogen (secondary N) is 1. The normalized spacial score (nSPS) is 10.8. The van der Waals surface area contributed by atoms with Gasteiger partial charge in [-0.25, -0.2) is 0 Å². The molecule has 1 amide bonds. The zero-order valence-electron chi connectivity index (χ0n) is 14.4. The number of pyridine rings is 1. The van der Waals surface area contributed by atoms with E-state index in [2.05, 4.69) is 22.4 Å². The molecule has 2 aromatic heterocycles. The smallest absolute Gasteiger partial charge is 0.224 e. The van der Waals surface area contributed by atoms with Gasteiger partial charge in [0.25, 0.3) is 0 Å². The molecule has 0 fully saturated rings. The van der Waals surface area contributed by atoms with E-state index in [4.69, 9.17) is 4.42 Å². The summed E-state index contributed by atoms with van der Waals surface area (Å²) in [5, 5.41) is 2.88. The van der Waals surface area contributed by atoms with E-state index in [1.54, 1.807) is 6.20 Å². The lowest BCUT2D eigenvalue weighted by molar-refractivity contribution is -0.115. The van der Waals surface area contributed by atoms with E-state index < -0.39 is 0 Å². The Morgan fingerprint density at radius 3 is 2.62 bits per heavy atom. The van der Waals surface area contributed by atoms with Crippen molar-refractivity contribution < 1.29 is 9.21 Å². The molecule has 128 valence electrons. The van der Waals surface area contributed by atoms with Crippen LogP contribution < -0.4 is 5.32 Å². The van der Waals surface area contributed by atoms with Crippen molar-refractivity contribution in [3.8, 4) is 22.5 Å². The summed E-state index contributed by atoms with van der Waals surface area (Å²) in [4.78, 5) is 16.1. The van der Waals surface area contributed by atoms with Gasteiger partial charge in [-0.15, -0.1) is 0 Å². The molecule has 26 heavy (non-hydrogen) atoms. The van der Waals surface area contributed by atoms with Crippen molar-refractivity contribution in [2.75, 3.05) is 5.32 Å². The number of rotatable bonds is 4. The summed E-state index contributed by atoms with van der Waals surface area (Å²) in [6.07, 6.45) is 2.24. The van der Waals surface area contributed by atoms with Gasteiger partial charge < -0.3 is 9.73 Å². The minimum atomic E-state index is -0.0141. The highest BCUT2D eigenvalue weighted by Gasteiger charge is 2.12. The molecule has 2 heterocycles. The second kappa shape index (κ2) is 6.84. The van der Waals surface area contributed by atoms with Crippen LogP contribution >= 0.6 is 0 Å². The van der Waals surface area contributed by atoms with Gasteiger partial charge >= 0.3 is 0 Å². The third-order valence-corrected chi connectivity index (χ3v) is 4.25. The summed E-state index contributed by atoms with van der Waals surface area (Å²) in [6.45, 7) is 1.83. The molecule has 0 aliphatic carbocycles. The van der Waals surface area contributed by atoms with E-state index in [9.17, 15) is 4.79 Å². The van der Waals surface area contributed by atoms with Crippen LogP contribution in [0.25, 0.3) is 33.6 Å². The number of hydrogen-bond donors (Lipinski definition) is 1. The van der Waals surface area contributed by atoms with Crippen LogP contribution in [0.2, 0.25) is 0 Å². The van der Waals surface area contributed by atoms with Crippen LogP contribution in [0.15, 0.2) is 77.3 Å². The van der Waals surface area contributed by atoms with Crippen LogP contribution in [0.1, 0.15) is 13.3 Å². The number of amides is 1. The highest BCUT2D eigenvalue weighted by Crippen LogP contribution is 2.34. The fraction of sp³-hybridized carbons (Fsp3) is 0.0909. The van der Waals surface area contributed by atoms with E-state index >= 15 is 0 Å². The number of anilines is 1. The quantitative estimate of drug-likeness (QED) is 0.532. The van der Waals surface area contributed by atoms with E-state index in [0.717, 1.165) is 39.2 Å². The topological polar surface area (TPSA) is 55.1 Å². The average Bonchev–Trinajstić information content (AvgIpc) is 3.13. The van der Waals surface area contributed by atoms with Gasteiger partial charge in [0.15, 0.2) is 5.58 Å². The maximum atomic E-state index is 11.6. The lowest BCUT2D eigenvalue weighted by Gasteiger charge is -2.05. The number of carbonyl (C=O) groups is 1. The zero-order valence-corrected chi connectivity index (χ0v) is 14.4. The van der Waals surface area contributed by atoms with Crippen LogP contribution in [-0.2, 0) is 4.79 Å². The third kappa shape index (κ3) is 3.09. The zero-order chi connectivity index (χ0) is 17.9. The minimum Gasteiger partial charge on any atom is -0.454 e. The van der Waals surface area contributed by atoms with Gasteiger partial charge in [-0.1, -0.05) is 49.4 Å². The fourth-order valence-corrected chi connectivity index (χ4v) is 2.92. The molecule has 4 heteroatoms. The Labute approximate surface area is 151 Å². The summed E-state index contributed by atoms with van der Waals surface area (Å²) >= 11 is 0. The molecule has 0 unspecified atom stereocenters. The number of benzene rings is 2. The average molecular weight is 342 g/mol. The van der Waals surface area contributed by atoms with Gasteiger partial charge in [0.2, 0.25) is 5.91 Å². The largest absolute Gasteiger partial charge is 0.454 e. The first-order chi connectivity index (χ1) is 12.7. The van der Waals surface area contributed by atoms with Gasteiger partial charge in [0.05, 0.1) is 0 Å². The Morgan fingerprint density at radius 1 is 1.00 bits per heavy atom. The highest BCUT2D eigenvalue weighted by molar-refractivity contribution is 5.93. The van der Waals surface area contributed by atoms with E-state index in [1.807, 2.05) is 61.5 Å². The standard InChI is InChI=1S/C22H18N2O2/c1-2-21(25)24-17-10-6-9-16(13-17)20-14-19-22(26-20)18(11-12-23-19)15-7-4-3-5-8-15/h3-14H,2H2,1H3,(H,24,25). The van der Waals surface area contributed by atoms with Crippen LogP contribution in [0.5, 0.6) is 0 Å². The van der Waals surface area contributed by atoms with Crippen molar-refractivity contribution in [1.82, 2.24) is 4.98 Å². The summed E-state index contributed by atoms with van der Waals surface area (Å²) in [5.74, 6) is 0.711. The first-order valence-electron chi connectivity index (χ1n) is 8.59. The van der Waals surface area contributed by atoms with Crippen LogP contribution in [0.3, 0.4) is 0 Å². The molecule has 0 aliphatic heterocycles. The molecule has 4 rings (SSSR count). The molecule has 0 aliphatic rings. The number of fused-ring (bicyclic) bond motifs is 1. The highest BCUT2D eigenvalue weighted by atomic mass is 16.3. The Bertz CT molecular complexity index is 1070. The molecule has 0 bridgehead atoms. The van der Waals surface area contributed by atoms with Gasteiger partial charge in [-0.3, -0.25) is 9.78 Å². The molecule has 0 atom stereocenters. The fourth-order valence-electron chi connectivity index (χ4n) is 2.92. The lowest BCUT2D eigenvalue weighted by atomic mass is 10.1. The number of hydrogen-bond acceptors (Lipinski definition) is 3. The van der Waals surface area contributed by atoms with Gasteiger partial charge in [0.1, 0.15) is 11.3 Å². The van der Waals surface area contributed by atoms with Crippen molar-refractivity contribution >= 4 is 22.7 Å². The summed E-state index contributed by atoms with van der Waals surface area (Å²) in [6, 6.07) is 21.6. The second-order valence-electron chi connectivity index (χ2n) is 6.03. The number of carbonyl (C=O) groups excluding carboxylic acids is 1. The van der Waals surface area contributed by atoms with E-state index in [-0.39, 0.29) is 5.91 Å². The van der Waals surface area contributed by atoms with Crippen LogP contribution in [0, 0.1) is 0 Å². The molecule has 0 saturated heterocycles. The van der Waals surface area contributed by atoms with Crippen LogP contribution in [-0.4, -0.2) is 10.9 Å². The molecule has 0 radical (unpaired) electrons. The predicted molar refractivity (Wildman–Crippen MR) is 104 cm³/mol. The summed E-state index contributed by atoms with van der Waals surface area (Å²) in [7, 11) is 0. The van der Waals surface area contributed by atoms with Crippen LogP contribution in [0.4, 0.5) is 5.69 Å². The number of furan rings is 1. The second-order valence-corrected chi connectivity index (χ2v) is 6.03. The molecular formula is C22H18N2O2. The lowest BCUT2D eigenvalue weighted by Crippen LogP contribution is -2.09. The Balaban J connectivity index is 1.77. The Hall–Kier alpha value is -3.40. The maximum absolute atomic E-state index is 11.6. The minimum absolute atomic E-state index is 0.0141. The molecule has 0 spiro atoms. The molecule has 4 aromatic rings. The van der Waals surface area contributed by atoms with Crippen molar-refractivity contribution in [2.24, 2.45) is 0 Å². The third-order valence-electron chi connectivity index (χ3n) is 4.25. The van der Waals surface area contributed by atoms with E-state index in [0.29, 0.717) is 6.42 Å². The number of aromatic nitrogens is 1. The first-order valence-corrected chi connectivity index (χ1v) is 8.59. The Morgan fingerprint density at radius 2 is 1.81 bits per heavy atom. The molecule has 4 nitrogen and oxygen atoms in total. The maximum Gasteiger partial charge on any atom is 0.224 e. The van der Waals surface area contributed by atoms with Crippen molar-refractivity contribution in [3.05, 3.63) is 72.9 Å². The molecule has 2 aromatic carbocycles. The van der Waals surface area contributed by atoms with Gasteiger partial charge in [-0.05, 0) is 23.8 Å². The Kier molecular flexibility index (Phi) is 4.23. The van der Waals surface area contributed by atoms with Crippen molar-refractivity contribution in [2.45, 2.75) is 13.3 Å². The van der Waals surface area contributed by atoms with Crippen molar-refractivity contribution in [1.29, 1.82) is 0 Å². The predicted octanol–water partition coefficient (Wildman–Crippen LogP) is 5.51. The molecule has 0 saturated carbocycles. The monoisotopic (exact) mass is 342 g/mol. The summed E-state index contributed by atoms with van der Waals surface area (Å²) in [5.41, 5.74) is 5.32. The van der Waals surface area contributed by atoms with Gasteiger partial charge in [0, 0.05) is 35.5 Å². The molecule has 1 N–H and O–H groups in total. The van der Waals surface area contributed by atoms with Crippen molar-refractivity contribution in [3.63, 3.8) is 0 Å². The SMILES string of the molecule is CCC(=O)Nc1cccc(-c2cc3nccc(-c4ccccc4)c3o2)c1. The van der Waals surface area contributed by atoms with E-state index in [1.165, 1.54) is 0 Å². The number of nitrogens with zero attached hydrogens (tertiary/aromatic N) is 1.